The van der Waals surface area contributed by atoms with E-state index in [0.29, 0.717) is 5.41 Å². The Morgan fingerprint density at radius 1 is 0.714 bits per heavy atom. The van der Waals surface area contributed by atoms with E-state index in [1.165, 1.54) is 38.5 Å². The summed E-state index contributed by atoms with van der Waals surface area (Å²) in [4.78, 5) is 0. The van der Waals surface area contributed by atoms with Gasteiger partial charge in [0.1, 0.15) is 0 Å². The molecule has 132 valence electrons. The fraction of sp³-hybridized carbons (Fsp3) is 1.00. The van der Waals surface area contributed by atoms with Gasteiger partial charge < -0.3 is 0 Å². The highest BCUT2D eigenvalue weighted by atomic mass is 14.2. The van der Waals surface area contributed by atoms with Crippen molar-refractivity contribution < 1.29 is 0 Å². The molecule has 0 saturated carbocycles. The number of hydrogen-bond acceptors (Lipinski definition) is 0. The molecule has 21 heavy (non-hydrogen) atoms. The monoisotopic (exact) mass is 300 g/mol. The highest BCUT2D eigenvalue weighted by molar-refractivity contribution is 4.61. The number of hydrogen-bond donors (Lipinski definition) is 0. The third-order valence-corrected chi connectivity index (χ3v) is 5.17. The second-order valence-corrected chi connectivity index (χ2v) is 7.80. The normalized spacial score (nSPS) is 13.7. The second-order valence-electron chi connectivity index (χ2n) is 7.80. The lowest BCUT2D eigenvalue weighted by Gasteiger charge is -2.18. The molecule has 0 aromatic carbocycles. The van der Waals surface area contributed by atoms with Crippen LogP contribution < -0.4 is 0 Å². The highest BCUT2D eigenvalue weighted by Crippen LogP contribution is 2.22. The van der Waals surface area contributed by atoms with Gasteiger partial charge in [0.25, 0.3) is 0 Å². The van der Waals surface area contributed by atoms with Crippen molar-refractivity contribution in [2.24, 2.45) is 23.2 Å². The van der Waals surface area contributed by atoms with Gasteiger partial charge >= 0.3 is 0 Å². The quantitative estimate of drug-likeness (QED) is 0.443. The molecule has 0 fully saturated rings. The van der Waals surface area contributed by atoms with Crippen molar-refractivity contribution in [3.05, 3.63) is 0 Å². The van der Waals surface area contributed by atoms with Crippen LogP contribution in [0.2, 0.25) is 0 Å². The van der Waals surface area contributed by atoms with Gasteiger partial charge in [-0.05, 0) is 23.2 Å². The molecule has 2 atom stereocenters. The third kappa shape index (κ3) is 22.4. The van der Waals surface area contributed by atoms with E-state index < -0.39 is 0 Å². The van der Waals surface area contributed by atoms with Gasteiger partial charge in [-0.2, -0.15) is 0 Å². The zero-order valence-corrected chi connectivity index (χ0v) is 17.5. The van der Waals surface area contributed by atoms with E-state index in [1.54, 1.807) is 0 Å². The van der Waals surface area contributed by atoms with Gasteiger partial charge in [-0.15, -0.1) is 0 Å². The molecule has 0 bridgehead atoms. The van der Waals surface area contributed by atoms with E-state index in [1.807, 2.05) is 0 Å². The highest BCUT2D eigenvalue weighted by Gasteiger charge is 2.09. The fourth-order valence-corrected chi connectivity index (χ4v) is 1.42. The van der Waals surface area contributed by atoms with E-state index >= 15 is 0 Å². The molecule has 0 aliphatic carbocycles. The Morgan fingerprint density at radius 3 is 1.19 bits per heavy atom. The van der Waals surface area contributed by atoms with Crippen LogP contribution >= 0.6 is 0 Å². The van der Waals surface area contributed by atoms with Crippen LogP contribution in [0.4, 0.5) is 0 Å². The Bertz CT molecular complexity index is 172. The molecular formula is C21H48. The fourth-order valence-electron chi connectivity index (χ4n) is 1.42. The molecular weight excluding hydrogens is 252 g/mol. The summed E-state index contributed by atoms with van der Waals surface area (Å²) in [6.45, 7) is 25.0. The first kappa shape index (κ1) is 25.9. The van der Waals surface area contributed by atoms with E-state index in [0.717, 1.165) is 17.8 Å². The molecule has 0 amide bonds. The van der Waals surface area contributed by atoms with Gasteiger partial charge in [0.05, 0.1) is 0 Å². The molecule has 0 aromatic rings. The summed E-state index contributed by atoms with van der Waals surface area (Å²) in [6, 6.07) is 0. The van der Waals surface area contributed by atoms with Gasteiger partial charge in [-0.25, -0.2) is 0 Å². The Morgan fingerprint density at radius 2 is 1.14 bits per heavy atom. The molecule has 0 aliphatic heterocycles. The van der Waals surface area contributed by atoms with Crippen molar-refractivity contribution in [2.75, 3.05) is 0 Å². The van der Waals surface area contributed by atoms with Crippen molar-refractivity contribution in [3.8, 4) is 0 Å². The first-order valence-corrected chi connectivity index (χ1v) is 9.61. The summed E-state index contributed by atoms with van der Waals surface area (Å²) in [7, 11) is 0. The van der Waals surface area contributed by atoms with Crippen LogP contribution in [0.3, 0.4) is 0 Å². The zero-order chi connectivity index (χ0) is 17.5. The Hall–Kier alpha value is 0. The van der Waals surface area contributed by atoms with Gasteiger partial charge in [0, 0.05) is 0 Å². The maximum Gasteiger partial charge on any atom is -0.0359 e. The molecule has 2 unspecified atom stereocenters. The molecule has 0 nitrogen and oxygen atoms in total. The summed E-state index contributed by atoms with van der Waals surface area (Å²) >= 11 is 0. The van der Waals surface area contributed by atoms with Gasteiger partial charge in [0.15, 0.2) is 0 Å². The molecule has 0 radical (unpaired) electrons. The largest absolute Gasteiger partial charge is 0.0654 e. The van der Waals surface area contributed by atoms with Crippen molar-refractivity contribution in [1.82, 2.24) is 0 Å². The van der Waals surface area contributed by atoms with Crippen LogP contribution in [0.25, 0.3) is 0 Å². The SMILES string of the molecule is CCC(C)(C)CC.CCC(C)C(C)C.CCCC(C)CC. The summed E-state index contributed by atoms with van der Waals surface area (Å²) in [6.07, 6.45) is 7.99. The predicted octanol–water partition coefficient (Wildman–Crippen LogP) is 8.35. The lowest BCUT2D eigenvalue weighted by Crippen LogP contribution is -2.05. The van der Waals surface area contributed by atoms with E-state index in [2.05, 4.69) is 76.2 Å². The summed E-state index contributed by atoms with van der Waals surface area (Å²) < 4.78 is 0. The van der Waals surface area contributed by atoms with Crippen LogP contribution in [-0.4, -0.2) is 0 Å². The van der Waals surface area contributed by atoms with Crippen LogP contribution in [0.1, 0.15) is 115 Å². The van der Waals surface area contributed by atoms with Crippen LogP contribution in [-0.2, 0) is 0 Å². The smallest absolute Gasteiger partial charge is 0.0359 e. The molecule has 0 saturated heterocycles. The van der Waals surface area contributed by atoms with Crippen molar-refractivity contribution >= 4 is 0 Å². The summed E-state index contributed by atoms with van der Waals surface area (Å²) in [5.74, 6) is 2.72. The topological polar surface area (TPSA) is 0 Å². The van der Waals surface area contributed by atoms with E-state index in [4.69, 9.17) is 0 Å². The van der Waals surface area contributed by atoms with E-state index in [9.17, 15) is 0 Å². The molecule has 0 heterocycles. The Labute approximate surface area is 138 Å². The standard InChI is InChI=1S/3C7H16/c1-5-7(3,4)6-2;1-5-7(4)6(2)3;1-4-6-7(3)5-2/h5-6H2,1-4H3;6-7H,5H2,1-4H3;7H,4-6H2,1-3H3. The molecule has 0 aromatic heterocycles. The maximum atomic E-state index is 2.31. The van der Waals surface area contributed by atoms with Crippen LogP contribution in [0.15, 0.2) is 0 Å². The summed E-state index contributed by atoms with van der Waals surface area (Å²) in [5.41, 5.74) is 0.583. The maximum absolute atomic E-state index is 2.31. The molecule has 0 aliphatic rings. The first-order valence-electron chi connectivity index (χ1n) is 9.61. The van der Waals surface area contributed by atoms with Gasteiger partial charge in [-0.1, -0.05) is 115 Å². The summed E-state index contributed by atoms with van der Waals surface area (Å²) in [5, 5.41) is 0. The minimum Gasteiger partial charge on any atom is -0.0654 e. The Balaban J connectivity index is -0.000000231. The minimum absolute atomic E-state index is 0.583. The average molecular weight is 301 g/mol. The van der Waals surface area contributed by atoms with Crippen molar-refractivity contribution in [3.63, 3.8) is 0 Å². The van der Waals surface area contributed by atoms with Crippen molar-refractivity contribution in [2.45, 2.75) is 115 Å². The lowest BCUT2D eigenvalue weighted by molar-refractivity contribution is 0.338. The average Bonchev–Trinajstić information content (AvgIpc) is 2.47. The molecule has 0 heteroatoms. The zero-order valence-electron chi connectivity index (χ0n) is 17.5. The first-order chi connectivity index (χ1) is 9.61. The minimum atomic E-state index is 0.583. The Kier molecular flexibility index (Phi) is 20.2. The molecule has 0 N–H and O–H groups in total. The molecule has 0 spiro atoms. The second kappa shape index (κ2) is 16.4. The third-order valence-electron chi connectivity index (χ3n) is 5.17. The van der Waals surface area contributed by atoms with Crippen LogP contribution in [0, 0.1) is 23.2 Å². The van der Waals surface area contributed by atoms with Gasteiger partial charge in [-0.3, -0.25) is 0 Å². The van der Waals surface area contributed by atoms with Crippen LogP contribution in [0.5, 0.6) is 0 Å². The molecule has 0 rings (SSSR count). The lowest BCUT2D eigenvalue weighted by atomic mass is 9.88. The van der Waals surface area contributed by atoms with E-state index in [-0.39, 0.29) is 0 Å². The van der Waals surface area contributed by atoms with Crippen molar-refractivity contribution in [1.29, 1.82) is 0 Å². The van der Waals surface area contributed by atoms with Gasteiger partial charge in [0.2, 0.25) is 0 Å². The number of rotatable bonds is 7. The predicted molar refractivity (Wildman–Crippen MR) is 103 cm³/mol.